The molecule has 1 aliphatic heterocycles. The van der Waals surface area contributed by atoms with E-state index in [4.69, 9.17) is 4.74 Å². The number of nitrogens with one attached hydrogen (secondary N) is 1. The molecule has 2 aliphatic carbocycles. The van der Waals surface area contributed by atoms with Gasteiger partial charge in [0.25, 0.3) is 5.91 Å². The van der Waals surface area contributed by atoms with Gasteiger partial charge in [-0.2, -0.15) is 0 Å². The molecule has 9 heteroatoms. The predicted octanol–water partition coefficient (Wildman–Crippen LogP) is 2.95. The van der Waals surface area contributed by atoms with Gasteiger partial charge in [-0.1, -0.05) is 37.9 Å². The summed E-state index contributed by atoms with van der Waals surface area (Å²) < 4.78 is 5.03. The normalized spacial score (nSPS) is 31.2. The molecule has 2 saturated carbocycles. The number of carbonyl (C=O) groups excluding carboxylic acids is 4. The minimum absolute atomic E-state index is 0.0123. The Labute approximate surface area is 197 Å². The summed E-state index contributed by atoms with van der Waals surface area (Å²) in [5.74, 6) is -1.75. The lowest BCUT2D eigenvalue weighted by atomic mass is 9.81. The standard InChI is InChI=1S/C22H24Br2N2O5/c1-10-3-4-12(7-11(10)2)25-15(27)9-31-16(28)5-6-26-21(29)17-13-8-14(18(17)22(26)30)20(24)19(13)23/h3-4,7,13-14,17-20H,5-6,8-9H2,1-2H3,(H,25,27)/t13-,14-,17-,18-,19-,20+/m1/s1. The molecular formula is C22H24Br2N2O5. The van der Waals surface area contributed by atoms with Gasteiger partial charge < -0.3 is 10.1 Å². The lowest BCUT2D eigenvalue weighted by Gasteiger charge is -2.28. The van der Waals surface area contributed by atoms with Crippen LogP contribution in [0.15, 0.2) is 18.2 Å². The average molecular weight is 556 g/mol. The number of anilines is 1. The Bertz CT molecular complexity index is 920. The zero-order valence-electron chi connectivity index (χ0n) is 17.3. The first-order chi connectivity index (χ1) is 14.7. The molecule has 3 amide bonds. The first-order valence-electron chi connectivity index (χ1n) is 10.3. The maximum absolute atomic E-state index is 12.8. The molecular weight excluding hydrogens is 532 g/mol. The van der Waals surface area contributed by atoms with E-state index in [1.165, 1.54) is 4.90 Å². The van der Waals surface area contributed by atoms with Crippen molar-refractivity contribution in [2.75, 3.05) is 18.5 Å². The highest BCUT2D eigenvalue weighted by Crippen LogP contribution is 2.60. The van der Waals surface area contributed by atoms with Crippen LogP contribution in [0.5, 0.6) is 0 Å². The Hall–Kier alpha value is -1.74. The van der Waals surface area contributed by atoms with E-state index in [2.05, 4.69) is 37.2 Å². The fourth-order valence-electron chi connectivity index (χ4n) is 5.07. The molecule has 6 atom stereocenters. The number of nitrogens with zero attached hydrogens (tertiary/aromatic N) is 1. The van der Waals surface area contributed by atoms with Crippen molar-refractivity contribution in [3.05, 3.63) is 29.3 Å². The summed E-state index contributed by atoms with van der Waals surface area (Å²) in [5, 5.41) is 2.68. The number of likely N-dealkylation sites (tertiary alicyclic amines) is 1. The number of alkyl halides is 2. The Morgan fingerprint density at radius 2 is 1.68 bits per heavy atom. The summed E-state index contributed by atoms with van der Waals surface area (Å²) in [6.45, 7) is 3.50. The van der Waals surface area contributed by atoms with Crippen LogP contribution in [0.3, 0.4) is 0 Å². The number of amides is 3. The van der Waals surface area contributed by atoms with Gasteiger partial charge in [-0.05, 0) is 55.4 Å². The van der Waals surface area contributed by atoms with Crippen LogP contribution in [0.25, 0.3) is 0 Å². The second-order valence-electron chi connectivity index (χ2n) is 8.59. The van der Waals surface area contributed by atoms with Gasteiger partial charge in [0.05, 0.1) is 18.3 Å². The van der Waals surface area contributed by atoms with Gasteiger partial charge in [0.1, 0.15) is 0 Å². The summed E-state index contributed by atoms with van der Waals surface area (Å²) in [6, 6.07) is 5.53. The fourth-order valence-corrected chi connectivity index (χ4v) is 6.94. The van der Waals surface area contributed by atoms with Gasteiger partial charge in [0.2, 0.25) is 11.8 Å². The molecule has 0 spiro atoms. The van der Waals surface area contributed by atoms with Crippen LogP contribution >= 0.6 is 31.9 Å². The maximum atomic E-state index is 12.8. The quantitative estimate of drug-likeness (QED) is 0.331. The van der Waals surface area contributed by atoms with Gasteiger partial charge >= 0.3 is 5.97 Å². The summed E-state index contributed by atoms with van der Waals surface area (Å²) in [4.78, 5) is 51.3. The van der Waals surface area contributed by atoms with Crippen LogP contribution in [-0.2, 0) is 23.9 Å². The second kappa shape index (κ2) is 8.65. The summed E-state index contributed by atoms with van der Waals surface area (Å²) in [7, 11) is 0. The van der Waals surface area contributed by atoms with Crippen LogP contribution in [-0.4, -0.2) is 51.4 Å². The minimum Gasteiger partial charge on any atom is -0.456 e. The van der Waals surface area contributed by atoms with Crippen molar-refractivity contribution < 1.29 is 23.9 Å². The Balaban J connectivity index is 1.26. The van der Waals surface area contributed by atoms with Crippen molar-refractivity contribution in [3.8, 4) is 0 Å². The molecule has 31 heavy (non-hydrogen) atoms. The number of hydrogen-bond donors (Lipinski definition) is 1. The van der Waals surface area contributed by atoms with Crippen molar-refractivity contribution in [2.45, 2.75) is 36.3 Å². The Morgan fingerprint density at radius 1 is 1.06 bits per heavy atom. The topological polar surface area (TPSA) is 92.8 Å². The molecule has 3 fully saturated rings. The highest BCUT2D eigenvalue weighted by Gasteiger charge is 2.66. The number of esters is 1. The second-order valence-corrected chi connectivity index (χ2v) is 10.7. The number of carbonyl (C=O) groups is 4. The van der Waals surface area contributed by atoms with E-state index in [1.807, 2.05) is 26.0 Å². The molecule has 0 unspecified atom stereocenters. The van der Waals surface area contributed by atoms with Gasteiger partial charge in [-0.25, -0.2) is 0 Å². The van der Waals surface area contributed by atoms with Crippen molar-refractivity contribution in [2.24, 2.45) is 23.7 Å². The number of ether oxygens (including phenoxy) is 1. The molecule has 0 aromatic heterocycles. The first kappa shape index (κ1) is 22.5. The Kier molecular flexibility index (Phi) is 6.27. The third kappa shape index (κ3) is 4.06. The van der Waals surface area contributed by atoms with E-state index in [1.54, 1.807) is 6.07 Å². The average Bonchev–Trinajstić information content (AvgIpc) is 3.33. The maximum Gasteiger partial charge on any atom is 0.308 e. The van der Waals surface area contributed by atoms with E-state index in [-0.39, 0.29) is 58.1 Å². The first-order valence-corrected chi connectivity index (χ1v) is 12.2. The molecule has 1 saturated heterocycles. The monoisotopic (exact) mass is 554 g/mol. The summed E-state index contributed by atoms with van der Waals surface area (Å²) in [5.41, 5.74) is 2.80. The van der Waals surface area contributed by atoms with Gasteiger partial charge in [0, 0.05) is 21.9 Å². The van der Waals surface area contributed by atoms with Gasteiger partial charge in [0.15, 0.2) is 6.61 Å². The molecule has 0 radical (unpaired) electrons. The van der Waals surface area contributed by atoms with Crippen LogP contribution in [0.2, 0.25) is 0 Å². The van der Waals surface area contributed by atoms with E-state index in [9.17, 15) is 19.2 Å². The third-order valence-corrected chi connectivity index (χ3v) is 9.98. The number of fused-ring (bicyclic) bond motifs is 5. The SMILES string of the molecule is Cc1ccc(NC(=O)COC(=O)CCN2C(=O)[C@@H]3[C@H]4C[C@@H]([C@@H](Br)[C@H]4Br)[C@H]3C2=O)cc1C. The van der Waals surface area contributed by atoms with Crippen LogP contribution in [0.1, 0.15) is 24.0 Å². The van der Waals surface area contributed by atoms with Gasteiger partial charge in [-0.15, -0.1) is 0 Å². The number of hydrogen-bond acceptors (Lipinski definition) is 5. The van der Waals surface area contributed by atoms with E-state index in [0.717, 1.165) is 17.5 Å². The molecule has 1 aromatic rings. The number of halogens is 2. The summed E-state index contributed by atoms with van der Waals surface area (Å²) >= 11 is 7.30. The lowest BCUT2D eigenvalue weighted by Crippen LogP contribution is -2.37. The highest BCUT2D eigenvalue weighted by atomic mass is 79.9. The zero-order chi connectivity index (χ0) is 22.4. The van der Waals surface area contributed by atoms with E-state index in [0.29, 0.717) is 5.69 Å². The van der Waals surface area contributed by atoms with Crippen molar-refractivity contribution in [3.63, 3.8) is 0 Å². The molecule has 3 aliphatic rings. The smallest absolute Gasteiger partial charge is 0.308 e. The van der Waals surface area contributed by atoms with E-state index < -0.39 is 18.5 Å². The molecule has 1 heterocycles. The van der Waals surface area contributed by atoms with E-state index >= 15 is 0 Å². The molecule has 166 valence electrons. The Morgan fingerprint density at radius 3 is 2.26 bits per heavy atom. The van der Waals surface area contributed by atoms with Crippen LogP contribution < -0.4 is 5.32 Å². The molecule has 1 aromatic carbocycles. The van der Waals surface area contributed by atoms with Crippen molar-refractivity contribution in [1.82, 2.24) is 4.90 Å². The fraction of sp³-hybridized carbons (Fsp3) is 0.545. The third-order valence-electron chi connectivity index (χ3n) is 6.77. The lowest BCUT2D eigenvalue weighted by molar-refractivity contribution is -0.149. The van der Waals surface area contributed by atoms with Crippen molar-refractivity contribution >= 4 is 61.2 Å². The molecule has 2 bridgehead atoms. The van der Waals surface area contributed by atoms with Crippen molar-refractivity contribution in [1.29, 1.82) is 0 Å². The predicted molar refractivity (Wildman–Crippen MR) is 121 cm³/mol. The number of aryl methyl sites for hydroxylation is 2. The largest absolute Gasteiger partial charge is 0.456 e. The number of imide groups is 1. The molecule has 7 nitrogen and oxygen atoms in total. The zero-order valence-corrected chi connectivity index (χ0v) is 20.4. The number of rotatable bonds is 6. The van der Waals surface area contributed by atoms with Crippen LogP contribution in [0, 0.1) is 37.5 Å². The molecule has 1 N–H and O–H groups in total. The summed E-state index contributed by atoms with van der Waals surface area (Å²) in [6.07, 6.45) is 0.739. The number of benzene rings is 1. The highest BCUT2D eigenvalue weighted by molar-refractivity contribution is 9.12. The van der Waals surface area contributed by atoms with Crippen LogP contribution in [0.4, 0.5) is 5.69 Å². The molecule has 4 rings (SSSR count). The van der Waals surface area contributed by atoms with Gasteiger partial charge in [-0.3, -0.25) is 24.1 Å². The minimum atomic E-state index is -0.618.